The van der Waals surface area contributed by atoms with Gasteiger partial charge in [0.15, 0.2) is 0 Å². The van der Waals surface area contributed by atoms with E-state index in [1.54, 1.807) is 0 Å². The van der Waals surface area contributed by atoms with Crippen LogP contribution in [0.5, 0.6) is 0 Å². The SMILES string of the molecule is CCCCCC(N)CN(C)C(C)C. The van der Waals surface area contributed by atoms with Crippen molar-refractivity contribution in [3.8, 4) is 0 Å². The topological polar surface area (TPSA) is 29.3 Å². The van der Waals surface area contributed by atoms with Crippen LogP contribution in [-0.2, 0) is 0 Å². The van der Waals surface area contributed by atoms with E-state index in [1.165, 1.54) is 25.7 Å². The summed E-state index contributed by atoms with van der Waals surface area (Å²) in [5.41, 5.74) is 6.01. The van der Waals surface area contributed by atoms with Gasteiger partial charge < -0.3 is 10.6 Å². The van der Waals surface area contributed by atoms with Crippen molar-refractivity contribution >= 4 is 0 Å². The van der Waals surface area contributed by atoms with Gasteiger partial charge in [-0.25, -0.2) is 0 Å². The van der Waals surface area contributed by atoms with E-state index in [-0.39, 0.29) is 0 Å². The summed E-state index contributed by atoms with van der Waals surface area (Å²) in [4.78, 5) is 2.32. The Hall–Kier alpha value is -0.0800. The van der Waals surface area contributed by atoms with Gasteiger partial charge in [-0.3, -0.25) is 0 Å². The Kier molecular flexibility index (Phi) is 7.29. The van der Waals surface area contributed by atoms with Crippen molar-refractivity contribution in [2.75, 3.05) is 13.6 Å². The third-order valence-corrected chi connectivity index (χ3v) is 2.58. The van der Waals surface area contributed by atoms with E-state index in [2.05, 4.69) is 32.7 Å². The lowest BCUT2D eigenvalue weighted by Gasteiger charge is -2.24. The third-order valence-electron chi connectivity index (χ3n) is 2.58. The number of rotatable bonds is 7. The highest BCUT2D eigenvalue weighted by atomic mass is 15.1. The van der Waals surface area contributed by atoms with E-state index >= 15 is 0 Å². The molecule has 0 fully saturated rings. The lowest BCUT2D eigenvalue weighted by molar-refractivity contribution is 0.251. The third kappa shape index (κ3) is 7.03. The average Bonchev–Trinajstić information content (AvgIpc) is 2.04. The van der Waals surface area contributed by atoms with Crippen molar-refractivity contribution in [1.82, 2.24) is 4.90 Å². The molecule has 1 atom stereocenters. The Labute approximate surface area is 83.5 Å². The second-order valence-corrected chi connectivity index (χ2v) is 4.29. The van der Waals surface area contributed by atoms with Crippen molar-refractivity contribution in [1.29, 1.82) is 0 Å². The molecular weight excluding hydrogens is 160 g/mol. The Morgan fingerprint density at radius 1 is 1.23 bits per heavy atom. The zero-order chi connectivity index (χ0) is 10.3. The quantitative estimate of drug-likeness (QED) is 0.618. The second-order valence-electron chi connectivity index (χ2n) is 4.29. The van der Waals surface area contributed by atoms with Gasteiger partial charge in [0, 0.05) is 18.6 Å². The van der Waals surface area contributed by atoms with E-state index < -0.39 is 0 Å². The minimum Gasteiger partial charge on any atom is -0.327 e. The van der Waals surface area contributed by atoms with Gasteiger partial charge in [0.05, 0.1) is 0 Å². The molecule has 0 bridgehead atoms. The standard InChI is InChI=1S/C11H26N2/c1-5-6-7-8-11(12)9-13(4)10(2)3/h10-11H,5-9,12H2,1-4H3. The summed E-state index contributed by atoms with van der Waals surface area (Å²) in [6, 6.07) is 0.969. The zero-order valence-corrected chi connectivity index (χ0v) is 9.71. The Morgan fingerprint density at radius 2 is 1.85 bits per heavy atom. The van der Waals surface area contributed by atoms with Crippen LogP contribution in [0.15, 0.2) is 0 Å². The number of hydrogen-bond acceptors (Lipinski definition) is 2. The molecular formula is C11H26N2. The van der Waals surface area contributed by atoms with Gasteiger partial charge in [-0.1, -0.05) is 26.2 Å². The number of likely N-dealkylation sites (N-methyl/N-ethyl adjacent to an activating group) is 1. The van der Waals surface area contributed by atoms with Crippen molar-refractivity contribution in [3.05, 3.63) is 0 Å². The predicted molar refractivity (Wildman–Crippen MR) is 59.9 cm³/mol. The van der Waals surface area contributed by atoms with E-state index in [1.807, 2.05) is 0 Å². The highest BCUT2D eigenvalue weighted by molar-refractivity contribution is 4.68. The molecule has 0 saturated carbocycles. The zero-order valence-electron chi connectivity index (χ0n) is 9.71. The maximum atomic E-state index is 6.01. The minimum atomic E-state index is 0.360. The summed E-state index contributed by atoms with van der Waals surface area (Å²) >= 11 is 0. The van der Waals surface area contributed by atoms with Crippen LogP contribution in [0.2, 0.25) is 0 Å². The van der Waals surface area contributed by atoms with Crippen molar-refractivity contribution in [2.45, 2.75) is 58.5 Å². The molecule has 0 heterocycles. The molecule has 0 rings (SSSR count). The van der Waals surface area contributed by atoms with Crippen LogP contribution in [0.25, 0.3) is 0 Å². The van der Waals surface area contributed by atoms with Crippen LogP contribution >= 0.6 is 0 Å². The summed E-state index contributed by atoms with van der Waals surface area (Å²) in [6.07, 6.45) is 5.06. The fourth-order valence-corrected chi connectivity index (χ4v) is 1.33. The maximum Gasteiger partial charge on any atom is 0.0167 e. The van der Waals surface area contributed by atoms with Crippen LogP contribution in [0.1, 0.15) is 46.5 Å². The second kappa shape index (κ2) is 7.34. The summed E-state index contributed by atoms with van der Waals surface area (Å²) in [6.45, 7) is 7.67. The Balaban J connectivity index is 3.43. The molecule has 80 valence electrons. The molecule has 2 N–H and O–H groups in total. The van der Waals surface area contributed by atoms with Crippen LogP contribution in [-0.4, -0.2) is 30.6 Å². The van der Waals surface area contributed by atoms with Gasteiger partial charge >= 0.3 is 0 Å². The first-order valence-corrected chi connectivity index (χ1v) is 5.53. The molecule has 0 aromatic heterocycles. The predicted octanol–water partition coefficient (Wildman–Crippen LogP) is 2.23. The molecule has 0 aromatic rings. The van der Waals surface area contributed by atoms with Crippen LogP contribution in [0, 0.1) is 0 Å². The van der Waals surface area contributed by atoms with Gasteiger partial charge in [-0.15, -0.1) is 0 Å². The van der Waals surface area contributed by atoms with Gasteiger partial charge in [-0.2, -0.15) is 0 Å². The highest BCUT2D eigenvalue weighted by Crippen LogP contribution is 2.04. The molecule has 0 amide bonds. The molecule has 0 aliphatic rings. The van der Waals surface area contributed by atoms with Gasteiger partial charge in [0.1, 0.15) is 0 Å². The molecule has 0 aliphatic heterocycles. The fourth-order valence-electron chi connectivity index (χ4n) is 1.33. The van der Waals surface area contributed by atoms with Crippen LogP contribution in [0.4, 0.5) is 0 Å². The Morgan fingerprint density at radius 3 is 2.31 bits per heavy atom. The average molecular weight is 186 g/mol. The van der Waals surface area contributed by atoms with Crippen molar-refractivity contribution in [2.24, 2.45) is 5.73 Å². The smallest absolute Gasteiger partial charge is 0.0167 e. The van der Waals surface area contributed by atoms with Gasteiger partial charge in [-0.05, 0) is 27.3 Å². The van der Waals surface area contributed by atoms with E-state index in [4.69, 9.17) is 5.73 Å². The number of nitrogens with two attached hydrogens (primary N) is 1. The summed E-state index contributed by atoms with van der Waals surface area (Å²) in [5.74, 6) is 0. The summed E-state index contributed by atoms with van der Waals surface area (Å²) < 4.78 is 0. The largest absolute Gasteiger partial charge is 0.327 e. The molecule has 0 aliphatic carbocycles. The molecule has 0 spiro atoms. The molecule has 2 nitrogen and oxygen atoms in total. The first-order chi connectivity index (χ1) is 6.07. The number of nitrogens with zero attached hydrogens (tertiary/aromatic N) is 1. The normalized spacial score (nSPS) is 14.1. The van der Waals surface area contributed by atoms with E-state index in [9.17, 15) is 0 Å². The van der Waals surface area contributed by atoms with Crippen molar-refractivity contribution < 1.29 is 0 Å². The Bertz CT molecular complexity index is 113. The lowest BCUT2D eigenvalue weighted by Crippen LogP contribution is -2.38. The fraction of sp³-hybridized carbons (Fsp3) is 1.00. The number of unbranched alkanes of at least 4 members (excludes halogenated alkanes) is 2. The molecule has 0 saturated heterocycles. The molecule has 13 heavy (non-hydrogen) atoms. The van der Waals surface area contributed by atoms with Gasteiger partial charge in [0.25, 0.3) is 0 Å². The van der Waals surface area contributed by atoms with Crippen molar-refractivity contribution in [3.63, 3.8) is 0 Å². The summed E-state index contributed by atoms with van der Waals surface area (Å²) in [5, 5.41) is 0. The molecule has 2 heteroatoms. The monoisotopic (exact) mass is 186 g/mol. The summed E-state index contributed by atoms with van der Waals surface area (Å²) in [7, 11) is 2.14. The number of hydrogen-bond donors (Lipinski definition) is 1. The lowest BCUT2D eigenvalue weighted by atomic mass is 10.1. The van der Waals surface area contributed by atoms with Crippen LogP contribution in [0.3, 0.4) is 0 Å². The van der Waals surface area contributed by atoms with Crippen LogP contribution < -0.4 is 5.73 Å². The van der Waals surface area contributed by atoms with E-state index in [0.717, 1.165) is 6.54 Å². The maximum absolute atomic E-state index is 6.01. The van der Waals surface area contributed by atoms with E-state index in [0.29, 0.717) is 12.1 Å². The first-order valence-electron chi connectivity index (χ1n) is 5.53. The first kappa shape index (κ1) is 12.9. The molecule has 1 unspecified atom stereocenters. The van der Waals surface area contributed by atoms with Gasteiger partial charge in [0.2, 0.25) is 0 Å². The molecule has 0 aromatic carbocycles. The molecule has 0 radical (unpaired) electrons. The minimum absolute atomic E-state index is 0.360. The highest BCUT2D eigenvalue weighted by Gasteiger charge is 2.08.